The van der Waals surface area contributed by atoms with Crippen LogP contribution in [0.1, 0.15) is 48.2 Å². The lowest BCUT2D eigenvalue weighted by molar-refractivity contribution is -0.0886. The van der Waals surface area contributed by atoms with Crippen LogP contribution in [0, 0.1) is 12.8 Å². The number of piperidine rings is 1. The normalized spacial score (nSPS) is 29.1. The summed E-state index contributed by atoms with van der Waals surface area (Å²) in [5, 5.41) is 14.6. The molecule has 1 saturated heterocycles. The maximum Gasteiger partial charge on any atom is 0.258 e. The molecule has 2 N–H and O–H groups in total. The van der Waals surface area contributed by atoms with Crippen molar-refractivity contribution < 1.29 is 9.90 Å². The number of hydrogen-bond acceptors (Lipinski definition) is 5. The highest BCUT2D eigenvalue weighted by Crippen LogP contribution is 2.40. The van der Waals surface area contributed by atoms with Gasteiger partial charge >= 0.3 is 0 Å². The molecule has 1 aromatic heterocycles. The number of aryl methyl sites for hydroxylation is 1. The van der Waals surface area contributed by atoms with E-state index in [9.17, 15) is 9.90 Å². The lowest BCUT2D eigenvalue weighted by Crippen LogP contribution is -2.54. The molecule has 0 radical (unpaired) electrons. The zero-order valence-corrected chi connectivity index (χ0v) is 13.5. The lowest BCUT2D eigenvalue weighted by atomic mass is 9.71. The van der Waals surface area contributed by atoms with E-state index >= 15 is 0 Å². The molecule has 0 spiro atoms. The van der Waals surface area contributed by atoms with Gasteiger partial charge in [0.25, 0.3) is 5.91 Å². The molecule has 2 atom stereocenters. The summed E-state index contributed by atoms with van der Waals surface area (Å²) in [6.45, 7) is 3.20. The fourth-order valence-electron chi connectivity index (χ4n) is 3.71. The van der Waals surface area contributed by atoms with Crippen molar-refractivity contribution in [2.75, 3.05) is 25.5 Å². The summed E-state index contributed by atoms with van der Waals surface area (Å²) in [4.78, 5) is 14.7. The van der Waals surface area contributed by atoms with E-state index in [0.717, 1.165) is 36.4 Å². The van der Waals surface area contributed by atoms with Crippen LogP contribution in [-0.2, 0) is 0 Å². The number of aliphatic hydroxyl groups is 1. The number of likely N-dealkylation sites (tertiary alicyclic amines) is 1. The van der Waals surface area contributed by atoms with Gasteiger partial charge in [0.1, 0.15) is 5.00 Å². The first-order chi connectivity index (χ1) is 10.0. The summed E-state index contributed by atoms with van der Waals surface area (Å²) in [7, 11) is 1.82. The average molecular weight is 309 g/mol. The third kappa shape index (κ3) is 2.55. The molecule has 116 valence electrons. The Hall–Kier alpha value is -1.14. The second-order valence-corrected chi connectivity index (χ2v) is 7.04. The van der Waals surface area contributed by atoms with Gasteiger partial charge in [0.15, 0.2) is 0 Å². The standard InChI is InChI=1S/C15H23N3O2S/c1-10-12(13(16-2)21-17-10)14(19)18-8-7-15(20)6-4-3-5-11(15)9-18/h11,16,20H,3-9H2,1-2H3. The largest absolute Gasteiger partial charge is 0.389 e. The fourth-order valence-corrected chi connectivity index (χ4v) is 4.44. The number of rotatable bonds is 2. The van der Waals surface area contributed by atoms with E-state index in [1.807, 2.05) is 18.9 Å². The van der Waals surface area contributed by atoms with E-state index in [-0.39, 0.29) is 11.8 Å². The number of hydrogen-bond donors (Lipinski definition) is 2. The van der Waals surface area contributed by atoms with Crippen molar-refractivity contribution in [2.24, 2.45) is 5.92 Å². The summed E-state index contributed by atoms with van der Waals surface area (Å²) in [6, 6.07) is 0. The van der Waals surface area contributed by atoms with Crippen molar-refractivity contribution in [1.82, 2.24) is 9.27 Å². The van der Waals surface area contributed by atoms with Gasteiger partial charge in [-0.15, -0.1) is 0 Å². The Balaban J connectivity index is 1.79. The molecule has 3 rings (SSSR count). The van der Waals surface area contributed by atoms with Gasteiger partial charge in [0, 0.05) is 26.1 Å². The van der Waals surface area contributed by atoms with Crippen molar-refractivity contribution in [3.63, 3.8) is 0 Å². The van der Waals surface area contributed by atoms with Crippen LogP contribution in [0.5, 0.6) is 0 Å². The highest BCUT2D eigenvalue weighted by molar-refractivity contribution is 7.10. The van der Waals surface area contributed by atoms with Crippen LogP contribution >= 0.6 is 11.5 Å². The molecule has 1 aliphatic heterocycles. The van der Waals surface area contributed by atoms with E-state index in [2.05, 4.69) is 9.69 Å². The molecule has 1 aliphatic carbocycles. The molecule has 2 fully saturated rings. The quantitative estimate of drug-likeness (QED) is 0.879. The Morgan fingerprint density at radius 3 is 3.05 bits per heavy atom. The Kier molecular flexibility index (Phi) is 3.92. The van der Waals surface area contributed by atoms with E-state index in [1.165, 1.54) is 11.5 Å². The molecule has 2 heterocycles. The highest BCUT2D eigenvalue weighted by atomic mass is 32.1. The molecule has 2 aliphatic rings. The maximum absolute atomic E-state index is 12.8. The molecule has 21 heavy (non-hydrogen) atoms. The number of amides is 1. The van der Waals surface area contributed by atoms with Crippen molar-refractivity contribution in [3.05, 3.63) is 11.3 Å². The number of nitrogens with one attached hydrogen (secondary N) is 1. The van der Waals surface area contributed by atoms with E-state index in [0.29, 0.717) is 25.1 Å². The lowest BCUT2D eigenvalue weighted by Gasteiger charge is -2.47. The first-order valence-corrected chi connectivity index (χ1v) is 8.48. The maximum atomic E-state index is 12.8. The molecular weight excluding hydrogens is 286 g/mol. The Bertz CT molecular complexity index is 545. The monoisotopic (exact) mass is 309 g/mol. The highest BCUT2D eigenvalue weighted by Gasteiger charge is 2.44. The number of nitrogens with zero attached hydrogens (tertiary/aromatic N) is 2. The Morgan fingerprint density at radius 2 is 2.29 bits per heavy atom. The van der Waals surface area contributed by atoms with Crippen molar-refractivity contribution >= 4 is 22.4 Å². The van der Waals surface area contributed by atoms with Crippen molar-refractivity contribution in [3.8, 4) is 0 Å². The number of carbonyl (C=O) groups is 1. The van der Waals surface area contributed by atoms with Crippen LogP contribution in [0.3, 0.4) is 0 Å². The number of fused-ring (bicyclic) bond motifs is 1. The van der Waals surface area contributed by atoms with E-state index in [4.69, 9.17) is 0 Å². The zero-order valence-electron chi connectivity index (χ0n) is 12.7. The number of carbonyl (C=O) groups excluding carboxylic acids is 1. The zero-order chi connectivity index (χ0) is 15.0. The van der Waals surface area contributed by atoms with Gasteiger partial charge in [0.05, 0.1) is 16.9 Å². The second kappa shape index (κ2) is 5.57. The minimum Gasteiger partial charge on any atom is -0.389 e. The first kappa shape index (κ1) is 14.8. The van der Waals surface area contributed by atoms with E-state index < -0.39 is 5.60 Å². The Morgan fingerprint density at radius 1 is 1.48 bits per heavy atom. The SMILES string of the molecule is CNc1snc(C)c1C(=O)N1CCC2(O)CCCCC2C1. The van der Waals surface area contributed by atoms with Crippen LogP contribution in [0.25, 0.3) is 0 Å². The summed E-state index contributed by atoms with van der Waals surface area (Å²) < 4.78 is 4.28. The molecule has 1 amide bonds. The molecule has 5 nitrogen and oxygen atoms in total. The second-order valence-electron chi connectivity index (χ2n) is 6.27. The molecule has 1 aromatic rings. The molecule has 2 unspecified atom stereocenters. The van der Waals surface area contributed by atoms with Crippen LogP contribution in [0.4, 0.5) is 5.00 Å². The summed E-state index contributed by atoms with van der Waals surface area (Å²) in [6.07, 6.45) is 4.89. The molecule has 6 heteroatoms. The van der Waals surface area contributed by atoms with Gasteiger partial charge in [-0.1, -0.05) is 12.8 Å². The number of aromatic nitrogens is 1. The third-order valence-corrected chi connectivity index (χ3v) is 5.97. The molecule has 0 aromatic carbocycles. The van der Waals surface area contributed by atoms with Gasteiger partial charge in [-0.3, -0.25) is 4.79 Å². The third-order valence-electron chi connectivity index (χ3n) is 5.02. The minimum absolute atomic E-state index is 0.0539. The number of anilines is 1. The van der Waals surface area contributed by atoms with Gasteiger partial charge < -0.3 is 15.3 Å². The predicted octanol–water partition coefficient (Wildman–Crippen LogP) is 2.26. The Labute approximate surface area is 129 Å². The van der Waals surface area contributed by atoms with Crippen LogP contribution in [0.2, 0.25) is 0 Å². The first-order valence-electron chi connectivity index (χ1n) is 7.71. The summed E-state index contributed by atoms with van der Waals surface area (Å²) >= 11 is 1.33. The summed E-state index contributed by atoms with van der Waals surface area (Å²) in [5.41, 5.74) is 0.950. The van der Waals surface area contributed by atoms with Gasteiger partial charge in [-0.05, 0) is 37.7 Å². The van der Waals surface area contributed by atoms with Gasteiger partial charge in [-0.2, -0.15) is 4.37 Å². The fraction of sp³-hybridized carbons (Fsp3) is 0.733. The van der Waals surface area contributed by atoms with Crippen LogP contribution < -0.4 is 5.32 Å². The van der Waals surface area contributed by atoms with Crippen LogP contribution in [-0.4, -0.2) is 46.0 Å². The van der Waals surface area contributed by atoms with Crippen molar-refractivity contribution in [2.45, 2.75) is 44.6 Å². The molecule has 1 saturated carbocycles. The van der Waals surface area contributed by atoms with Gasteiger partial charge in [0.2, 0.25) is 0 Å². The molecule has 0 bridgehead atoms. The van der Waals surface area contributed by atoms with Gasteiger partial charge in [-0.25, -0.2) is 0 Å². The topological polar surface area (TPSA) is 65.5 Å². The smallest absolute Gasteiger partial charge is 0.258 e. The minimum atomic E-state index is -0.539. The van der Waals surface area contributed by atoms with Crippen LogP contribution in [0.15, 0.2) is 0 Å². The predicted molar refractivity (Wildman–Crippen MR) is 83.8 cm³/mol. The summed E-state index contributed by atoms with van der Waals surface area (Å²) in [5.74, 6) is 0.284. The average Bonchev–Trinajstić information content (AvgIpc) is 2.86. The van der Waals surface area contributed by atoms with Crippen molar-refractivity contribution in [1.29, 1.82) is 0 Å². The van der Waals surface area contributed by atoms with E-state index in [1.54, 1.807) is 0 Å². The molecular formula is C15H23N3O2S.